The average Bonchev–Trinajstić information content (AvgIpc) is 2.92. The minimum atomic E-state index is -0.452. The first-order chi connectivity index (χ1) is 12.0. The van der Waals surface area contributed by atoms with Gasteiger partial charge in [0, 0.05) is 9.77 Å². The Morgan fingerprint density at radius 2 is 2.04 bits per heavy atom. The Hall–Kier alpha value is -1.79. The van der Waals surface area contributed by atoms with E-state index in [4.69, 9.17) is 5.73 Å². The van der Waals surface area contributed by atoms with Crippen molar-refractivity contribution in [3.05, 3.63) is 45.8 Å². The molecule has 1 aromatic carbocycles. The molecule has 4 nitrogen and oxygen atoms in total. The number of anilines is 1. The van der Waals surface area contributed by atoms with Crippen molar-refractivity contribution in [3.8, 4) is 0 Å². The van der Waals surface area contributed by atoms with Crippen molar-refractivity contribution in [2.75, 3.05) is 11.6 Å². The summed E-state index contributed by atoms with van der Waals surface area (Å²) in [5.41, 5.74) is 8.09. The normalized spacial score (nSPS) is 16.3. The molecule has 1 unspecified atom stereocenters. The van der Waals surface area contributed by atoms with E-state index in [0.29, 0.717) is 16.5 Å². The van der Waals surface area contributed by atoms with Gasteiger partial charge in [-0.25, -0.2) is 0 Å². The van der Waals surface area contributed by atoms with Gasteiger partial charge in [0.25, 0.3) is 5.91 Å². The quantitative estimate of drug-likeness (QED) is 0.780. The third kappa shape index (κ3) is 4.07. The van der Waals surface area contributed by atoms with Crippen LogP contribution in [0.5, 0.6) is 0 Å². The van der Waals surface area contributed by atoms with Gasteiger partial charge < -0.3 is 11.1 Å². The van der Waals surface area contributed by atoms with Crippen LogP contribution in [0.25, 0.3) is 0 Å². The molecular formula is C19H22N2O2S2. The van der Waals surface area contributed by atoms with E-state index in [0.717, 1.165) is 30.4 Å². The predicted molar refractivity (Wildman–Crippen MR) is 105 cm³/mol. The number of hydrogen-bond acceptors (Lipinski definition) is 4. The number of thioether (sulfide) groups is 1. The number of nitrogens with one attached hydrogen (secondary N) is 1. The lowest BCUT2D eigenvalue weighted by Crippen LogP contribution is -2.20. The standard InChI is InChI=1S/C19H22N2O2S2/c1-11-3-8-14-15(9-11)25-19(17(14)18(20)23)21-16(22)10-12-4-6-13(24-2)7-5-12/h4-7,11H,3,8-10H2,1-2H3,(H2,20,23)(H,21,22). The molecule has 1 aliphatic carbocycles. The van der Waals surface area contributed by atoms with Crippen molar-refractivity contribution in [2.24, 2.45) is 11.7 Å². The van der Waals surface area contributed by atoms with E-state index in [1.54, 1.807) is 11.8 Å². The molecule has 132 valence electrons. The summed E-state index contributed by atoms with van der Waals surface area (Å²) in [6, 6.07) is 7.93. The van der Waals surface area contributed by atoms with Crippen LogP contribution in [0, 0.1) is 5.92 Å². The molecule has 0 bridgehead atoms. The molecule has 25 heavy (non-hydrogen) atoms. The molecule has 1 aromatic heterocycles. The average molecular weight is 375 g/mol. The zero-order chi connectivity index (χ0) is 18.0. The molecule has 6 heteroatoms. The largest absolute Gasteiger partial charge is 0.365 e. The highest BCUT2D eigenvalue weighted by Crippen LogP contribution is 2.39. The van der Waals surface area contributed by atoms with Crippen LogP contribution in [-0.2, 0) is 24.1 Å². The van der Waals surface area contributed by atoms with Gasteiger partial charge in [0.2, 0.25) is 5.91 Å². The first-order valence-electron chi connectivity index (χ1n) is 8.35. The number of amides is 2. The van der Waals surface area contributed by atoms with Gasteiger partial charge in [0.1, 0.15) is 5.00 Å². The van der Waals surface area contributed by atoms with Crippen LogP contribution in [0.15, 0.2) is 29.2 Å². The zero-order valence-corrected chi connectivity index (χ0v) is 16.1. The third-order valence-corrected chi connectivity index (χ3v) is 6.45. The molecule has 2 amide bonds. The predicted octanol–water partition coefficient (Wildman–Crippen LogP) is 3.87. The highest BCUT2D eigenvalue weighted by atomic mass is 32.2. The number of benzene rings is 1. The molecule has 2 aromatic rings. The SMILES string of the molecule is CSc1ccc(CC(=O)Nc2sc3c(c2C(N)=O)CCC(C)C3)cc1. The van der Waals surface area contributed by atoms with Crippen molar-refractivity contribution < 1.29 is 9.59 Å². The van der Waals surface area contributed by atoms with Gasteiger partial charge >= 0.3 is 0 Å². The Balaban J connectivity index is 1.77. The van der Waals surface area contributed by atoms with Crippen LogP contribution in [-0.4, -0.2) is 18.1 Å². The van der Waals surface area contributed by atoms with Crippen LogP contribution in [0.3, 0.4) is 0 Å². The van der Waals surface area contributed by atoms with E-state index in [-0.39, 0.29) is 12.3 Å². The Morgan fingerprint density at radius 1 is 1.32 bits per heavy atom. The Bertz CT molecular complexity index is 797. The van der Waals surface area contributed by atoms with Gasteiger partial charge in [-0.3, -0.25) is 9.59 Å². The van der Waals surface area contributed by atoms with Crippen molar-refractivity contribution >= 4 is 39.9 Å². The number of primary amides is 1. The van der Waals surface area contributed by atoms with Gasteiger partial charge in [0.05, 0.1) is 12.0 Å². The van der Waals surface area contributed by atoms with E-state index in [9.17, 15) is 9.59 Å². The van der Waals surface area contributed by atoms with Gasteiger partial charge in [-0.1, -0.05) is 19.1 Å². The fourth-order valence-corrected chi connectivity index (χ4v) is 5.04. The lowest BCUT2D eigenvalue weighted by molar-refractivity contribution is -0.115. The summed E-state index contributed by atoms with van der Waals surface area (Å²) in [5, 5.41) is 3.52. The van der Waals surface area contributed by atoms with Gasteiger partial charge in [-0.15, -0.1) is 23.1 Å². The van der Waals surface area contributed by atoms with Crippen LogP contribution < -0.4 is 11.1 Å². The second-order valence-electron chi connectivity index (χ2n) is 6.49. The molecule has 0 spiro atoms. The van der Waals surface area contributed by atoms with Gasteiger partial charge in [0.15, 0.2) is 0 Å². The smallest absolute Gasteiger partial charge is 0.251 e. The molecule has 3 rings (SSSR count). The molecular weight excluding hydrogens is 352 g/mol. The number of thiophene rings is 1. The van der Waals surface area contributed by atoms with E-state index in [2.05, 4.69) is 12.2 Å². The number of carbonyl (C=O) groups excluding carboxylic acids is 2. The van der Waals surface area contributed by atoms with Crippen LogP contribution in [0.2, 0.25) is 0 Å². The first-order valence-corrected chi connectivity index (χ1v) is 10.4. The Kier molecular flexibility index (Phi) is 5.49. The summed E-state index contributed by atoms with van der Waals surface area (Å²) >= 11 is 3.17. The molecule has 0 radical (unpaired) electrons. The second-order valence-corrected chi connectivity index (χ2v) is 8.48. The van der Waals surface area contributed by atoms with E-state index in [1.165, 1.54) is 21.1 Å². The first kappa shape index (κ1) is 18.0. The van der Waals surface area contributed by atoms with Crippen LogP contribution in [0.1, 0.15) is 39.7 Å². The van der Waals surface area contributed by atoms with Crippen LogP contribution in [0.4, 0.5) is 5.00 Å². The fourth-order valence-electron chi connectivity index (χ4n) is 3.20. The summed E-state index contributed by atoms with van der Waals surface area (Å²) in [7, 11) is 0. The molecule has 1 aliphatic rings. The Labute approximate surface area is 156 Å². The number of fused-ring (bicyclic) bond motifs is 1. The highest BCUT2D eigenvalue weighted by Gasteiger charge is 2.27. The van der Waals surface area contributed by atoms with Crippen molar-refractivity contribution in [3.63, 3.8) is 0 Å². The molecule has 1 heterocycles. The maximum Gasteiger partial charge on any atom is 0.251 e. The lowest BCUT2D eigenvalue weighted by atomic mass is 9.88. The topological polar surface area (TPSA) is 72.2 Å². The van der Waals surface area contributed by atoms with Crippen molar-refractivity contribution in [1.82, 2.24) is 0 Å². The third-order valence-electron chi connectivity index (χ3n) is 4.53. The summed E-state index contributed by atoms with van der Waals surface area (Å²) in [4.78, 5) is 26.7. The van der Waals surface area contributed by atoms with Gasteiger partial charge in [-0.2, -0.15) is 0 Å². The second kappa shape index (κ2) is 7.62. The maximum absolute atomic E-state index is 12.4. The van der Waals surface area contributed by atoms with Gasteiger partial charge in [-0.05, 0) is 54.7 Å². The minimum Gasteiger partial charge on any atom is -0.365 e. The van der Waals surface area contributed by atoms with Crippen molar-refractivity contribution in [2.45, 2.75) is 37.5 Å². The minimum absolute atomic E-state index is 0.119. The van der Waals surface area contributed by atoms with Crippen LogP contribution >= 0.6 is 23.1 Å². The Morgan fingerprint density at radius 3 is 2.68 bits per heavy atom. The molecule has 0 saturated heterocycles. The molecule has 3 N–H and O–H groups in total. The summed E-state index contributed by atoms with van der Waals surface area (Å²) in [6.07, 6.45) is 5.17. The maximum atomic E-state index is 12.4. The molecule has 0 saturated carbocycles. The zero-order valence-electron chi connectivity index (χ0n) is 14.4. The monoisotopic (exact) mass is 374 g/mol. The van der Waals surface area contributed by atoms with E-state index < -0.39 is 5.91 Å². The van der Waals surface area contributed by atoms with E-state index in [1.807, 2.05) is 30.5 Å². The highest BCUT2D eigenvalue weighted by molar-refractivity contribution is 7.98. The lowest BCUT2D eigenvalue weighted by Gasteiger charge is -2.18. The number of carbonyl (C=O) groups is 2. The number of nitrogens with two attached hydrogens (primary N) is 1. The molecule has 1 atom stereocenters. The summed E-state index contributed by atoms with van der Waals surface area (Å²) in [5.74, 6) is 0.0306. The molecule has 0 fully saturated rings. The summed E-state index contributed by atoms with van der Waals surface area (Å²) in [6.45, 7) is 2.21. The summed E-state index contributed by atoms with van der Waals surface area (Å²) < 4.78 is 0. The molecule has 0 aliphatic heterocycles. The van der Waals surface area contributed by atoms with Crippen molar-refractivity contribution in [1.29, 1.82) is 0 Å². The fraction of sp³-hybridized carbons (Fsp3) is 0.368. The van der Waals surface area contributed by atoms with E-state index >= 15 is 0 Å². The number of rotatable bonds is 5. The number of hydrogen-bond donors (Lipinski definition) is 2.